The van der Waals surface area contributed by atoms with E-state index >= 15 is 0 Å². The van der Waals surface area contributed by atoms with Gasteiger partial charge in [-0.2, -0.15) is 0 Å². The van der Waals surface area contributed by atoms with Gasteiger partial charge in [0.15, 0.2) is 0 Å². The molecule has 4 nitrogen and oxygen atoms in total. The summed E-state index contributed by atoms with van der Waals surface area (Å²) >= 11 is 1.69. The van der Waals surface area contributed by atoms with Crippen molar-refractivity contribution in [3.8, 4) is 0 Å². The standard InChI is InChI=1S/C16H19N3OS/c1-13(20)18-7-8-19(10-15-9-17-12-21-15)16(11-18)14-5-3-2-4-6-14/h2-6,9,12,16H,7-8,10-11H2,1H3/t16-/m0/s1. The summed E-state index contributed by atoms with van der Waals surface area (Å²) in [5, 5.41) is 0. The van der Waals surface area contributed by atoms with E-state index < -0.39 is 0 Å². The molecule has 2 aromatic rings. The molecule has 1 aliphatic rings. The largest absolute Gasteiger partial charge is 0.340 e. The number of rotatable bonds is 3. The molecule has 2 heterocycles. The molecule has 0 bridgehead atoms. The second kappa shape index (κ2) is 6.37. The number of nitrogens with zero attached hydrogens (tertiary/aromatic N) is 3. The van der Waals surface area contributed by atoms with Crippen molar-refractivity contribution in [2.45, 2.75) is 19.5 Å². The van der Waals surface area contributed by atoms with Crippen LogP contribution >= 0.6 is 11.3 Å². The minimum absolute atomic E-state index is 0.161. The zero-order valence-electron chi connectivity index (χ0n) is 12.1. The van der Waals surface area contributed by atoms with Crippen LogP contribution in [-0.2, 0) is 11.3 Å². The first-order valence-corrected chi connectivity index (χ1v) is 8.04. The average Bonchev–Trinajstić information content (AvgIpc) is 3.01. The van der Waals surface area contributed by atoms with Gasteiger partial charge in [0.2, 0.25) is 5.91 Å². The first-order valence-electron chi connectivity index (χ1n) is 7.16. The highest BCUT2D eigenvalue weighted by Crippen LogP contribution is 2.27. The Labute approximate surface area is 129 Å². The van der Waals surface area contributed by atoms with Gasteiger partial charge < -0.3 is 4.90 Å². The molecule has 0 N–H and O–H groups in total. The molecule has 0 spiro atoms. The van der Waals surface area contributed by atoms with Crippen LogP contribution in [0, 0.1) is 0 Å². The van der Waals surface area contributed by atoms with Crippen molar-refractivity contribution < 1.29 is 4.79 Å². The van der Waals surface area contributed by atoms with E-state index in [1.54, 1.807) is 18.3 Å². The summed E-state index contributed by atoms with van der Waals surface area (Å²) in [6, 6.07) is 10.7. The summed E-state index contributed by atoms with van der Waals surface area (Å²) in [5.41, 5.74) is 3.14. The fraction of sp³-hybridized carbons (Fsp3) is 0.375. The number of carbonyl (C=O) groups is 1. The van der Waals surface area contributed by atoms with Crippen LogP contribution in [0.4, 0.5) is 0 Å². The average molecular weight is 301 g/mol. The van der Waals surface area contributed by atoms with Gasteiger partial charge in [-0.15, -0.1) is 11.3 Å². The number of carbonyl (C=O) groups excluding carboxylic acids is 1. The van der Waals surface area contributed by atoms with E-state index in [0.29, 0.717) is 0 Å². The van der Waals surface area contributed by atoms with E-state index in [-0.39, 0.29) is 11.9 Å². The van der Waals surface area contributed by atoms with Crippen LogP contribution in [0.25, 0.3) is 0 Å². The van der Waals surface area contributed by atoms with Gasteiger partial charge in [-0.3, -0.25) is 14.7 Å². The smallest absolute Gasteiger partial charge is 0.219 e. The molecule has 1 aromatic carbocycles. The van der Waals surface area contributed by atoms with Crippen molar-refractivity contribution in [3.63, 3.8) is 0 Å². The number of aromatic nitrogens is 1. The quantitative estimate of drug-likeness (QED) is 0.874. The van der Waals surface area contributed by atoms with Crippen LogP contribution in [-0.4, -0.2) is 40.3 Å². The Morgan fingerprint density at radius 2 is 2.14 bits per heavy atom. The number of hydrogen-bond donors (Lipinski definition) is 0. The van der Waals surface area contributed by atoms with Gasteiger partial charge >= 0.3 is 0 Å². The summed E-state index contributed by atoms with van der Waals surface area (Å²) < 4.78 is 0. The second-order valence-corrected chi connectivity index (χ2v) is 6.30. The normalized spacial score (nSPS) is 19.7. The molecule has 3 rings (SSSR count). The lowest BCUT2D eigenvalue weighted by atomic mass is 10.0. The Balaban J connectivity index is 1.82. The molecular weight excluding hydrogens is 282 g/mol. The third-order valence-corrected chi connectivity index (χ3v) is 4.73. The van der Waals surface area contributed by atoms with Crippen LogP contribution in [0.3, 0.4) is 0 Å². The third-order valence-electron chi connectivity index (χ3n) is 3.96. The molecular formula is C16H19N3OS. The van der Waals surface area contributed by atoms with Crippen molar-refractivity contribution in [1.29, 1.82) is 0 Å². The van der Waals surface area contributed by atoms with Gasteiger partial charge in [-0.05, 0) is 5.56 Å². The molecule has 1 fully saturated rings. The Kier molecular flexibility index (Phi) is 4.31. The molecule has 5 heteroatoms. The predicted octanol–water partition coefficient (Wildman–Crippen LogP) is 2.55. The molecule has 21 heavy (non-hydrogen) atoms. The SMILES string of the molecule is CC(=O)N1CCN(Cc2cncs2)[C@H](c2ccccc2)C1. The highest BCUT2D eigenvalue weighted by Gasteiger charge is 2.29. The fourth-order valence-electron chi connectivity index (χ4n) is 2.81. The molecule has 0 aliphatic carbocycles. The van der Waals surface area contributed by atoms with Crippen molar-refractivity contribution in [1.82, 2.24) is 14.8 Å². The van der Waals surface area contributed by atoms with E-state index in [1.807, 2.05) is 22.7 Å². The van der Waals surface area contributed by atoms with Crippen molar-refractivity contribution in [3.05, 3.63) is 52.5 Å². The van der Waals surface area contributed by atoms with E-state index in [2.05, 4.69) is 34.1 Å². The Hall–Kier alpha value is -1.72. The maximum atomic E-state index is 11.7. The molecule has 1 amide bonds. The predicted molar refractivity (Wildman–Crippen MR) is 84.0 cm³/mol. The molecule has 1 saturated heterocycles. The minimum atomic E-state index is 0.161. The molecule has 0 radical (unpaired) electrons. The number of piperazine rings is 1. The van der Waals surface area contributed by atoms with Crippen molar-refractivity contribution in [2.75, 3.05) is 19.6 Å². The van der Waals surface area contributed by atoms with Crippen LogP contribution < -0.4 is 0 Å². The van der Waals surface area contributed by atoms with Gasteiger partial charge in [0.05, 0.1) is 11.6 Å². The maximum absolute atomic E-state index is 11.7. The fourth-order valence-corrected chi connectivity index (χ4v) is 3.43. The van der Waals surface area contributed by atoms with Crippen LogP contribution in [0.5, 0.6) is 0 Å². The second-order valence-electron chi connectivity index (χ2n) is 5.33. The zero-order chi connectivity index (χ0) is 14.7. The summed E-state index contributed by atoms with van der Waals surface area (Å²) in [4.78, 5) is 21.5. The van der Waals surface area contributed by atoms with Crippen molar-refractivity contribution in [2.24, 2.45) is 0 Å². The lowest BCUT2D eigenvalue weighted by molar-refractivity contribution is -0.132. The summed E-state index contributed by atoms with van der Waals surface area (Å²) in [6.45, 7) is 5.02. The van der Waals surface area contributed by atoms with E-state index in [4.69, 9.17) is 0 Å². The zero-order valence-corrected chi connectivity index (χ0v) is 12.9. The Morgan fingerprint density at radius 3 is 2.81 bits per heavy atom. The molecule has 110 valence electrons. The highest BCUT2D eigenvalue weighted by molar-refractivity contribution is 7.09. The number of amides is 1. The Bertz CT molecular complexity index is 585. The Morgan fingerprint density at radius 1 is 1.33 bits per heavy atom. The molecule has 1 aromatic heterocycles. The molecule has 1 atom stereocenters. The van der Waals surface area contributed by atoms with Crippen LogP contribution in [0.15, 0.2) is 42.0 Å². The number of benzene rings is 1. The lowest BCUT2D eigenvalue weighted by Gasteiger charge is -2.41. The third kappa shape index (κ3) is 3.31. The first kappa shape index (κ1) is 14.2. The minimum Gasteiger partial charge on any atom is -0.340 e. The van der Waals surface area contributed by atoms with Crippen LogP contribution in [0.2, 0.25) is 0 Å². The van der Waals surface area contributed by atoms with Gasteiger partial charge in [-0.25, -0.2) is 0 Å². The first-order chi connectivity index (χ1) is 10.2. The number of thiazole rings is 1. The molecule has 0 unspecified atom stereocenters. The lowest BCUT2D eigenvalue weighted by Crippen LogP contribution is -2.49. The van der Waals surface area contributed by atoms with Crippen molar-refractivity contribution >= 4 is 17.2 Å². The number of hydrogen-bond acceptors (Lipinski definition) is 4. The summed E-state index contributed by atoms with van der Waals surface area (Å²) in [5.74, 6) is 0.161. The molecule has 0 saturated carbocycles. The van der Waals surface area contributed by atoms with E-state index in [1.165, 1.54) is 10.4 Å². The van der Waals surface area contributed by atoms with Gasteiger partial charge in [0.1, 0.15) is 0 Å². The van der Waals surface area contributed by atoms with Gasteiger partial charge in [0.25, 0.3) is 0 Å². The summed E-state index contributed by atoms with van der Waals surface area (Å²) in [6.07, 6.45) is 1.93. The highest BCUT2D eigenvalue weighted by atomic mass is 32.1. The van der Waals surface area contributed by atoms with E-state index in [9.17, 15) is 4.79 Å². The summed E-state index contributed by atoms with van der Waals surface area (Å²) in [7, 11) is 0. The topological polar surface area (TPSA) is 36.4 Å². The molecule has 1 aliphatic heterocycles. The van der Waals surface area contributed by atoms with Crippen LogP contribution in [0.1, 0.15) is 23.4 Å². The monoisotopic (exact) mass is 301 g/mol. The van der Waals surface area contributed by atoms with Gasteiger partial charge in [-0.1, -0.05) is 30.3 Å². The van der Waals surface area contributed by atoms with Gasteiger partial charge in [0, 0.05) is 44.2 Å². The van der Waals surface area contributed by atoms with E-state index in [0.717, 1.165) is 26.2 Å². The maximum Gasteiger partial charge on any atom is 0.219 e.